The van der Waals surface area contributed by atoms with E-state index < -0.39 is 17.7 Å². The van der Waals surface area contributed by atoms with Crippen molar-refractivity contribution < 1.29 is 18.6 Å². The molecule has 0 saturated heterocycles. The van der Waals surface area contributed by atoms with E-state index >= 15 is 0 Å². The van der Waals surface area contributed by atoms with Gasteiger partial charge in [-0.2, -0.15) is 0 Å². The van der Waals surface area contributed by atoms with Gasteiger partial charge in [-0.05, 0) is 50.1 Å². The molecule has 20 heavy (non-hydrogen) atoms. The molecule has 106 valence electrons. The highest BCUT2D eigenvalue weighted by atomic mass is 19.1. The first kappa shape index (κ1) is 14.5. The van der Waals surface area contributed by atoms with Crippen LogP contribution in [0.3, 0.4) is 0 Å². The first-order chi connectivity index (χ1) is 9.40. The van der Waals surface area contributed by atoms with Gasteiger partial charge in [-0.15, -0.1) is 0 Å². The number of halogens is 2. The number of hydrogen-bond donors (Lipinski definition) is 1. The number of ether oxygens (including phenoxy) is 1. The summed E-state index contributed by atoms with van der Waals surface area (Å²) in [6, 6.07) is 7.47. The minimum absolute atomic E-state index is 0.0536. The van der Waals surface area contributed by atoms with Gasteiger partial charge < -0.3 is 9.84 Å². The smallest absolute Gasteiger partial charge is 0.168 e. The molecular formula is C16H16F2O2. The van der Waals surface area contributed by atoms with E-state index in [2.05, 4.69) is 0 Å². The first-order valence-electron chi connectivity index (χ1n) is 6.31. The molecule has 2 nitrogen and oxygen atoms in total. The van der Waals surface area contributed by atoms with E-state index in [4.69, 9.17) is 4.74 Å². The van der Waals surface area contributed by atoms with Gasteiger partial charge in [-0.1, -0.05) is 12.1 Å². The molecule has 0 bridgehead atoms. The molecule has 1 N–H and O–H groups in total. The van der Waals surface area contributed by atoms with Gasteiger partial charge in [-0.3, -0.25) is 0 Å². The zero-order chi connectivity index (χ0) is 14.9. The fourth-order valence-electron chi connectivity index (χ4n) is 1.90. The highest BCUT2D eigenvalue weighted by Gasteiger charge is 2.15. The standard InChI is InChI=1S/C16H16F2O2/c1-9-5-4-6-14(16(9)18)20-15-7-10(2)13(17)8-12(15)11(3)19/h4-8,11,19H,1-3H3. The minimum Gasteiger partial charge on any atom is -0.454 e. The third-order valence-corrected chi connectivity index (χ3v) is 3.12. The van der Waals surface area contributed by atoms with E-state index in [1.807, 2.05) is 0 Å². The van der Waals surface area contributed by atoms with Crippen LogP contribution in [-0.2, 0) is 0 Å². The predicted molar refractivity (Wildman–Crippen MR) is 73.0 cm³/mol. The molecule has 2 aromatic carbocycles. The topological polar surface area (TPSA) is 29.5 Å². The summed E-state index contributed by atoms with van der Waals surface area (Å²) in [4.78, 5) is 0. The lowest BCUT2D eigenvalue weighted by Gasteiger charge is -2.15. The third kappa shape index (κ3) is 2.80. The lowest BCUT2D eigenvalue weighted by molar-refractivity contribution is 0.195. The second-order valence-corrected chi connectivity index (χ2v) is 4.80. The van der Waals surface area contributed by atoms with Crippen molar-refractivity contribution in [2.75, 3.05) is 0 Å². The summed E-state index contributed by atoms with van der Waals surface area (Å²) in [5, 5.41) is 9.68. The van der Waals surface area contributed by atoms with Crippen molar-refractivity contribution in [1.82, 2.24) is 0 Å². The molecule has 0 heterocycles. The molecule has 0 aliphatic carbocycles. The lowest BCUT2D eigenvalue weighted by Crippen LogP contribution is -2.00. The van der Waals surface area contributed by atoms with Crippen molar-refractivity contribution in [1.29, 1.82) is 0 Å². The van der Waals surface area contributed by atoms with Gasteiger partial charge >= 0.3 is 0 Å². The molecule has 0 spiro atoms. The van der Waals surface area contributed by atoms with Gasteiger partial charge in [0, 0.05) is 5.56 Å². The van der Waals surface area contributed by atoms with Crippen LogP contribution in [0.4, 0.5) is 8.78 Å². The van der Waals surface area contributed by atoms with Crippen LogP contribution in [0.2, 0.25) is 0 Å². The van der Waals surface area contributed by atoms with Crippen molar-refractivity contribution in [3.63, 3.8) is 0 Å². The van der Waals surface area contributed by atoms with E-state index in [-0.39, 0.29) is 17.1 Å². The molecule has 4 heteroatoms. The third-order valence-electron chi connectivity index (χ3n) is 3.12. The second-order valence-electron chi connectivity index (χ2n) is 4.80. The van der Waals surface area contributed by atoms with Crippen LogP contribution in [0.15, 0.2) is 30.3 Å². The summed E-state index contributed by atoms with van der Waals surface area (Å²) in [6.45, 7) is 4.72. The monoisotopic (exact) mass is 278 g/mol. The summed E-state index contributed by atoms with van der Waals surface area (Å²) in [7, 11) is 0. The highest BCUT2D eigenvalue weighted by molar-refractivity contribution is 5.43. The van der Waals surface area contributed by atoms with E-state index in [1.54, 1.807) is 26.0 Å². The summed E-state index contributed by atoms with van der Waals surface area (Å²) in [5.74, 6) is -0.592. The Morgan fingerprint density at radius 3 is 2.40 bits per heavy atom. The normalized spacial score (nSPS) is 12.3. The van der Waals surface area contributed by atoms with E-state index in [0.717, 1.165) is 0 Å². The van der Waals surface area contributed by atoms with Gasteiger partial charge in [-0.25, -0.2) is 8.78 Å². The number of aryl methyl sites for hydroxylation is 2. The largest absolute Gasteiger partial charge is 0.454 e. The maximum atomic E-state index is 13.9. The molecule has 0 aromatic heterocycles. The van der Waals surface area contributed by atoms with Crippen LogP contribution in [0.1, 0.15) is 29.7 Å². The van der Waals surface area contributed by atoms with Crippen LogP contribution in [0.5, 0.6) is 11.5 Å². The Hall–Kier alpha value is -1.94. The summed E-state index contributed by atoms with van der Waals surface area (Å²) in [5.41, 5.74) is 1.12. The fourth-order valence-corrected chi connectivity index (χ4v) is 1.90. The van der Waals surface area contributed by atoms with Gasteiger partial charge in [0.1, 0.15) is 11.6 Å². The maximum absolute atomic E-state index is 13.9. The fraction of sp³-hybridized carbons (Fsp3) is 0.250. The average molecular weight is 278 g/mol. The molecule has 0 aliphatic rings. The lowest BCUT2D eigenvalue weighted by atomic mass is 10.1. The van der Waals surface area contributed by atoms with Crippen LogP contribution >= 0.6 is 0 Å². The number of benzene rings is 2. The SMILES string of the molecule is Cc1cc(Oc2cccc(C)c2F)c(C(C)O)cc1F. The van der Waals surface area contributed by atoms with Crippen LogP contribution < -0.4 is 4.74 Å². The Kier molecular flexibility index (Phi) is 4.04. The molecule has 0 saturated carbocycles. The van der Waals surface area contributed by atoms with Crippen molar-refractivity contribution >= 4 is 0 Å². The molecule has 0 aliphatic heterocycles. The molecule has 0 amide bonds. The van der Waals surface area contributed by atoms with Crippen molar-refractivity contribution in [3.8, 4) is 11.5 Å². The van der Waals surface area contributed by atoms with Crippen molar-refractivity contribution in [2.24, 2.45) is 0 Å². The summed E-state index contributed by atoms with van der Waals surface area (Å²) >= 11 is 0. The van der Waals surface area contributed by atoms with E-state index in [0.29, 0.717) is 11.1 Å². The highest BCUT2D eigenvalue weighted by Crippen LogP contribution is 2.33. The Labute approximate surface area is 116 Å². The van der Waals surface area contributed by atoms with Crippen molar-refractivity contribution in [2.45, 2.75) is 26.9 Å². The van der Waals surface area contributed by atoms with Gasteiger partial charge in [0.05, 0.1) is 6.10 Å². The van der Waals surface area contributed by atoms with Gasteiger partial charge in [0.25, 0.3) is 0 Å². The molecular weight excluding hydrogens is 262 g/mol. The van der Waals surface area contributed by atoms with Crippen LogP contribution in [0, 0.1) is 25.5 Å². The summed E-state index contributed by atoms with van der Waals surface area (Å²) in [6.07, 6.45) is -0.909. The van der Waals surface area contributed by atoms with Crippen LogP contribution in [-0.4, -0.2) is 5.11 Å². The van der Waals surface area contributed by atoms with Crippen LogP contribution in [0.25, 0.3) is 0 Å². The second kappa shape index (κ2) is 5.59. The Balaban J connectivity index is 2.47. The van der Waals surface area contributed by atoms with E-state index in [1.165, 1.54) is 25.1 Å². The Bertz CT molecular complexity index is 637. The first-order valence-corrected chi connectivity index (χ1v) is 6.31. The molecule has 0 fully saturated rings. The summed E-state index contributed by atoms with van der Waals surface area (Å²) < 4.78 is 33.0. The molecule has 1 atom stereocenters. The van der Waals surface area contributed by atoms with E-state index in [9.17, 15) is 13.9 Å². The van der Waals surface area contributed by atoms with Crippen molar-refractivity contribution in [3.05, 3.63) is 58.7 Å². The number of rotatable bonds is 3. The number of aliphatic hydroxyl groups is 1. The quantitative estimate of drug-likeness (QED) is 0.900. The molecule has 2 rings (SSSR count). The maximum Gasteiger partial charge on any atom is 0.168 e. The van der Waals surface area contributed by atoms with Gasteiger partial charge in [0.2, 0.25) is 0 Å². The molecule has 2 aromatic rings. The van der Waals surface area contributed by atoms with Gasteiger partial charge in [0.15, 0.2) is 11.6 Å². The zero-order valence-electron chi connectivity index (χ0n) is 11.6. The zero-order valence-corrected chi connectivity index (χ0v) is 11.6. The minimum atomic E-state index is -0.909. The Morgan fingerprint density at radius 1 is 1.05 bits per heavy atom. The Morgan fingerprint density at radius 2 is 1.75 bits per heavy atom. The average Bonchev–Trinajstić information content (AvgIpc) is 2.38. The predicted octanol–water partition coefficient (Wildman–Crippen LogP) is 4.43. The molecule has 0 radical (unpaired) electrons. The molecule has 1 unspecified atom stereocenters. The number of hydrogen-bond acceptors (Lipinski definition) is 2. The number of aliphatic hydroxyl groups excluding tert-OH is 1.